The van der Waals surface area contributed by atoms with Gasteiger partial charge in [0.1, 0.15) is 10.7 Å². The lowest BCUT2D eigenvalue weighted by molar-refractivity contribution is 0.102. The zero-order valence-electron chi connectivity index (χ0n) is 11.4. The van der Waals surface area contributed by atoms with Crippen molar-refractivity contribution in [1.29, 1.82) is 0 Å². The second kappa shape index (κ2) is 6.17. The van der Waals surface area contributed by atoms with Crippen LogP contribution in [0.3, 0.4) is 0 Å². The van der Waals surface area contributed by atoms with E-state index in [-0.39, 0.29) is 5.91 Å². The van der Waals surface area contributed by atoms with Crippen LogP contribution in [0.2, 0.25) is 5.02 Å². The number of nitrogens with zero attached hydrogens (tertiary/aromatic N) is 1. The number of nitrogens with one attached hydrogen (secondary N) is 1. The van der Waals surface area contributed by atoms with E-state index in [1.54, 1.807) is 24.3 Å². The van der Waals surface area contributed by atoms with E-state index in [0.717, 1.165) is 5.56 Å². The van der Waals surface area contributed by atoms with E-state index in [9.17, 15) is 4.79 Å². The van der Waals surface area contributed by atoms with Crippen LogP contribution in [-0.4, -0.2) is 10.9 Å². The van der Waals surface area contributed by atoms with E-state index < -0.39 is 0 Å². The molecule has 3 rings (SSSR count). The average Bonchev–Trinajstić information content (AvgIpc) is 2.89. The molecule has 1 amide bonds. The number of amides is 1. The van der Waals surface area contributed by atoms with Gasteiger partial charge >= 0.3 is 0 Å². The Labute approximate surface area is 136 Å². The van der Waals surface area contributed by atoms with Gasteiger partial charge in [0.05, 0.1) is 0 Å². The lowest BCUT2D eigenvalue weighted by Gasteiger charge is -2.05. The molecule has 110 valence electrons. The van der Waals surface area contributed by atoms with E-state index in [0.29, 0.717) is 26.4 Å². The summed E-state index contributed by atoms with van der Waals surface area (Å²) in [6.45, 7) is 0. The molecule has 4 nitrogen and oxygen atoms in total. The summed E-state index contributed by atoms with van der Waals surface area (Å²) in [6.07, 6.45) is 0. The van der Waals surface area contributed by atoms with Gasteiger partial charge in [0.15, 0.2) is 5.13 Å². The average molecular weight is 330 g/mol. The fourth-order valence-electron chi connectivity index (χ4n) is 1.99. The highest BCUT2D eigenvalue weighted by Crippen LogP contribution is 2.34. The first kappa shape index (κ1) is 14.6. The molecule has 0 atom stereocenters. The summed E-state index contributed by atoms with van der Waals surface area (Å²) >= 11 is 7.07. The number of carbonyl (C=O) groups is 1. The highest BCUT2D eigenvalue weighted by molar-refractivity contribution is 7.20. The maximum absolute atomic E-state index is 12.3. The summed E-state index contributed by atoms with van der Waals surface area (Å²) in [5.41, 5.74) is 7.89. The first-order valence-electron chi connectivity index (χ1n) is 6.52. The molecule has 2 aromatic carbocycles. The number of nitrogen functional groups attached to an aromatic ring is 1. The number of benzene rings is 2. The number of halogens is 1. The number of hydrogen-bond acceptors (Lipinski definition) is 4. The van der Waals surface area contributed by atoms with Crippen molar-refractivity contribution in [3.63, 3.8) is 0 Å². The van der Waals surface area contributed by atoms with Crippen LogP contribution in [0.25, 0.3) is 11.3 Å². The first-order chi connectivity index (χ1) is 10.6. The van der Waals surface area contributed by atoms with Crippen molar-refractivity contribution in [3.05, 3.63) is 65.2 Å². The summed E-state index contributed by atoms with van der Waals surface area (Å²) in [6, 6.07) is 16.3. The van der Waals surface area contributed by atoms with Gasteiger partial charge in [-0.3, -0.25) is 4.79 Å². The highest BCUT2D eigenvalue weighted by atomic mass is 35.5. The molecule has 3 N–H and O–H groups in total. The molecular weight excluding hydrogens is 318 g/mol. The minimum absolute atomic E-state index is 0.225. The van der Waals surface area contributed by atoms with Crippen molar-refractivity contribution in [3.8, 4) is 11.3 Å². The second-order valence-corrected chi connectivity index (χ2v) is 6.02. The van der Waals surface area contributed by atoms with E-state index >= 15 is 0 Å². The molecule has 0 saturated heterocycles. The first-order valence-corrected chi connectivity index (χ1v) is 7.71. The highest BCUT2D eigenvalue weighted by Gasteiger charge is 2.15. The van der Waals surface area contributed by atoms with Crippen LogP contribution >= 0.6 is 22.9 Å². The molecule has 0 unspecified atom stereocenters. The van der Waals surface area contributed by atoms with Crippen LogP contribution in [0.15, 0.2) is 54.6 Å². The Morgan fingerprint density at radius 3 is 2.45 bits per heavy atom. The smallest absolute Gasteiger partial charge is 0.256 e. The molecule has 0 bridgehead atoms. The number of thiazole rings is 1. The number of rotatable bonds is 3. The molecule has 0 aliphatic rings. The summed E-state index contributed by atoms with van der Waals surface area (Å²) in [7, 11) is 0. The van der Waals surface area contributed by atoms with E-state index in [2.05, 4.69) is 10.3 Å². The summed E-state index contributed by atoms with van der Waals surface area (Å²) in [4.78, 5) is 16.6. The van der Waals surface area contributed by atoms with Gasteiger partial charge in [0.25, 0.3) is 5.91 Å². The fraction of sp³-hybridized carbons (Fsp3) is 0. The minimum atomic E-state index is -0.225. The summed E-state index contributed by atoms with van der Waals surface area (Å²) in [5.74, 6) is -0.225. The Bertz CT molecular complexity index is 800. The molecule has 22 heavy (non-hydrogen) atoms. The molecule has 1 heterocycles. The van der Waals surface area contributed by atoms with Crippen LogP contribution in [0.1, 0.15) is 10.4 Å². The zero-order valence-corrected chi connectivity index (χ0v) is 13.0. The summed E-state index contributed by atoms with van der Waals surface area (Å²) < 4.78 is 0. The molecule has 1 aromatic heterocycles. The number of anilines is 2. The normalized spacial score (nSPS) is 10.4. The Balaban J connectivity index is 1.90. The maximum atomic E-state index is 12.3. The quantitative estimate of drug-likeness (QED) is 0.752. The van der Waals surface area contributed by atoms with Crippen molar-refractivity contribution in [2.45, 2.75) is 0 Å². The van der Waals surface area contributed by atoms with Crippen LogP contribution in [0.4, 0.5) is 10.1 Å². The van der Waals surface area contributed by atoms with Gasteiger partial charge < -0.3 is 11.1 Å². The third-order valence-electron chi connectivity index (χ3n) is 3.02. The second-order valence-electron chi connectivity index (χ2n) is 4.56. The third kappa shape index (κ3) is 3.10. The molecule has 0 saturated carbocycles. The van der Waals surface area contributed by atoms with E-state index in [1.165, 1.54) is 11.3 Å². The van der Waals surface area contributed by atoms with E-state index in [4.69, 9.17) is 17.3 Å². The summed E-state index contributed by atoms with van der Waals surface area (Å²) in [5, 5.41) is 4.48. The minimum Gasteiger partial charge on any atom is -0.375 e. The Hall–Kier alpha value is -2.37. The molecular formula is C16H12ClN3OS. The monoisotopic (exact) mass is 329 g/mol. The molecule has 3 aromatic rings. The van der Waals surface area contributed by atoms with Crippen LogP contribution < -0.4 is 11.1 Å². The van der Waals surface area contributed by atoms with Gasteiger partial charge in [-0.2, -0.15) is 0 Å². The van der Waals surface area contributed by atoms with Gasteiger partial charge in [-0.1, -0.05) is 53.3 Å². The van der Waals surface area contributed by atoms with Crippen molar-refractivity contribution in [1.82, 2.24) is 4.98 Å². The molecule has 0 aliphatic carbocycles. The lowest BCUT2D eigenvalue weighted by Crippen LogP contribution is -2.11. The number of hydrogen-bond donors (Lipinski definition) is 2. The van der Waals surface area contributed by atoms with E-state index in [1.807, 2.05) is 30.3 Å². The zero-order chi connectivity index (χ0) is 15.5. The molecule has 0 fully saturated rings. The van der Waals surface area contributed by atoms with Crippen LogP contribution in [0.5, 0.6) is 0 Å². The number of aromatic nitrogens is 1. The molecule has 0 aliphatic heterocycles. The van der Waals surface area contributed by atoms with Gasteiger partial charge in [-0.05, 0) is 24.3 Å². The number of carbonyl (C=O) groups excluding carboxylic acids is 1. The Morgan fingerprint density at radius 1 is 1.09 bits per heavy atom. The van der Waals surface area contributed by atoms with Gasteiger partial charge in [0, 0.05) is 16.1 Å². The van der Waals surface area contributed by atoms with Crippen molar-refractivity contribution >= 4 is 39.0 Å². The molecule has 0 radical (unpaired) electrons. The topological polar surface area (TPSA) is 68.0 Å². The SMILES string of the molecule is Nc1nc(-c2ccccc2)c(NC(=O)c2ccc(Cl)cc2)s1. The third-order valence-corrected chi connectivity index (χ3v) is 4.08. The van der Waals surface area contributed by atoms with Crippen molar-refractivity contribution in [2.75, 3.05) is 11.1 Å². The number of nitrogens with two attached hydrogens (primary N) is 1. The fourth-order valence-corrected chi connectivity index (χ4v) is 2.87. The predicted octanol–water partition coefficient (Wildman–Crippen LogP) is 4.30. The van der Waals surface area contributed by atoms with Gasteiger partial charge in [0.2, 0.25) is 0 Å². The van der Waals surface area contributed by atoms with Gasteiger partial charge in [-0.15, -0.1) is 0 Å². The van der Waals surface area contributed by atoms with Crippen LogP contribution in [0, 0.1) is 0 Å². The molecule has 0 spiro atoms. The predicted molar refractivity (Wildman–Crippen MR) is 91.4 cm³/mol. The lowest BCUT2D eigenvalue weighted by atomic mass is 10.1. The Kier molecular flexibility index (Phi) is 4.09. The largest absolute Gasteiger partial charge is 0.375 e. The molecule has 6 heteroatoms. The standard InChI is InChI=1S/C16H12ClN3OS/c17-12-8-6-11(7-9-12)14(21)20-15-13(19-16(18)22-15)10-4-2-1-3-5-10/h1-9H,(H2,18,19)(H,20,21). The Morgan fingerprint density at radius 2 is 1.77 bits per heavy atom. The maximum Gasteiger partial charge on any atom is 0.256 e. The van der Waals surface area contributed by atoms with Crippen molar-refractivity contribution in [2.24, 2.45) is 0 Å². The van der Waals surface area contributed by atoms with Gasteiger partial charge in [-0.25, -0.2) is 4.98 Å². The van der Waals surface area contributed by atoms with Crippen molar-refractivity contribution < 1.29 is 4.79 Å². The van der Waals surface area contributed by atoms with Crippen LogP contribution in [-0.2, 0) is 0 Å².